The molecule has 1 aromatic rings. The first-order valence-corrected chi connectivity index (χ1v) is 4.24. The third kappa shape index (κ3) is 2.00. The molecule has 4 N–H and O–H groups in total. The highest BCUT2D eigenvalue weighted by atomic mass is 32.1. The highest BCUT2D eigenvalue weighted by molar-refractivity contribution is 7.10. The van der Waals surface area contributed by atoms with Crippen LogP contribution in [-0.4, -0.2) is 11.7 Å². The maximum atomic E-state index is 9.74. The van der Waals surface area contributed by atoms with E-state index in [1.807, 2.05) is 17.5 Å². The van der Waals surface area contributed by atoms with Gasteiger partial charge in [-0.3, -0.25) is 11.3 Å². The Balaban J connectivity index is 2.73. The summed E-state index contributed by atoms with van der Waals surface area (Å²) in [5, 5.41) is 11.7. The normalized spacial score (nSPS) is 16.3. The molecule has 1 rings (SSSR count). The van der Waals surface area contributed by atoms with Crippen LogP contribution in [0, 0.1) is 0 Å². The SMILES string of the molecule is CC(O)(CNN)c1cccs1. The Bertz CT molecular complexity index is 208. The number of thiophene rings is 1. The van der Waals surface area contributed by atoms with Crippen molar-refractivity contribution in [2.45, 2.75) is 12.5 Å². The second kappa shape index (κ2) is 3.32. The highest BCUT2D eigenvalue weighted by Gasteiger charge is 2.22. The van der Waals surface area contributed by atoms with Gasteiger partial charge in [0.2, 0.25) is 0 Å². The first-order chi connectivity index (χ1) is 5.17. The Morgan fingerprint density at radius 3 is 3.00 bits per heavy atom. The zero-order chi connectivity index (χ0) is 8.32. The molecule has 0 radical (unpaired) electrons. The average Bonchev–Trinajstić information content (AvgIpc) is 2.37. The molecule has 62 valence electrons. The van der Waals surface area contributed by atoms with Gasteiger partial charge in [-0.05, 0) is 18.4 Å². The lowest BCUT2D eigenvalue weighted by atomic mass is 10.1. The van der Waals surface area contributed by atoms with Gasteiger partial charge in [-0.25, -0.2) is 0 Å². The van der Waals surface area contributed by atoms with Crippen LogP contribution in [-0.2, 0) is 5.60 Å². The molecule has 1 heterocycles. The zero-order valence-electron chi connectivity index (χ0n) is 6.37. The van der Waals surface area contributed by atoms with Gasteiger partial charge in [0.05, 0.1) is 0 Å². The van der Waals surface area contributed by atoms with Crippen LogP contribution < -0.4 is 11.3 Å². The fourth-order valence-corrected chi connectivity index (χ4v) is 1.66. The number of nitrogens with two attached hydrogens (primary N) is 1. The van der Waals surface area contributed by atoms with Gasteiger partial charge in [-0.15, -0.1) is 11.3 Å². The summed E-state index contributed by atoms with van der Waals surface area (Å²) in [4.78, 5) is 0.926. The molecule has 0 bridgehead atoms. The number of aliphatic hydroxyl groups is 1. The molecule has 0 aliphatic rings. The van der Waals surface area contributed by atoms with Gasteiger partial charge in [0.25, 0.3) is 0 Å². The molecule has 0 fully saturated rings. The van der Waals surface area contributed by atoms with Crippen molar-refractivity contribution in [1.29, 1.82) is 0 Å². The zero-order valence-corrected chi connectivity index (χ0v) is 7.19. The number of nitrogens with one attached hydrogen (secondary N) is 1. The summed E-state index contributed by atoms with van der Waals surface area (Å²) in [6, 6.07) is 3.80. The van der Waals surface area contributed by atoms with Crippen molar-refractivity contribution in [3.05, 3.63) is 22.4 Å². The molecule has 0 aliphatic heterocycles. The minimum absolute atomic E-state index is 0.369. The van der Waals surface area contributed by atoms with Crippen molar-refractivity contribution >= 4 is 11.3 Å². The van der Waals surface area contributed by atoms with E-state index in [2.05, 4.69) is 5.43 Å². The van der Waals surface area contributed by atoms with Gasteiger partial charge in [0, 0.05) is 11.4 Å². The number of rotatable bonds is 3. The standard InChI is InChI=1S/C7H12N2OS/c1-7(10,5-9-8)6-3-2-4-11-6/h2-4,9-10H,5,8H2,1H3. The van der Waals surface area contributed by atoms with Crippen molar-refractivity contribution in [2.75, 3.05) is 6.54 Å². The smallest absolute Gasteiger partial charge is 0.110 e. The van der Waals surface area contributed by atoms with E-state index in [9.17, 15) is 5.11 Å². The molecule has 1 atom stereocenters. The van der Waals surface area contributed by atoms with Gasteiger partial charge in [-0.1, -0.05) is 6.07 Å². The lowest BCUT2D eigenvalue weighted by Crippen LogP contribution is -2.38. The Morgan fingerprint density at radius 1 is 1.82 bits per heavy atom. The van der Waals surface area contributed by atoms with E-state index in [-0.39, 0.29) is 0 Å². The summed E-state index contributed by atoms with van der Waals surface area (Å²) < 4.78 is 0. The molecule has 0 aromatic carbocycles. The topological polar surface area (TPSA) is 58.3 Å². The van der Waals surface area contributed by atoms with Gasteiger partial charge >= 0.3 is 0 Å². The van der Waals surface area contributed by atoms with Crippen LogP contribution in [0.2, 0.25) is 0 Å². The Morgan fingerprint density at radius 2 is 2.55 bits per heavy atom. The molecule has 1 aromatic heterocycles. The molecular formula is C7H12N2OS. The molecule has 0 saturated carbocycles. The average molecular weight is 172 g/mol. The van der Waals surface area contributed by atoms with Crippen LogP contribution in [0.3, 0.4) is 0 Å². The molecule has 0 aliphatic carbocycles. The fourth-order valence-electron chi connectivity index (χ4n) is 0.871. The van der Waals surface area contributed by atoms with Crippen LogP contribution in [0.15, 0.2) is 17.5 Å². The van der Waals surface area contributed by atoms with Crippen molar-refractivity contribution in [2.24, 2.45) is 5.84 Å². The van der Waals surface area contributed by atoms with Crippen LogP contribution in [0.1, 0.15) is 11.8 Å². The number of hydrogen-bond acceptors (Lipinski definition) is 4. The van der Waals surface area contributed by atoms with Crippen LogP contribution in [0.5, 0.6) is 0 Å². The Hall–Kier alpha value is -0.420. The van der Waals surface area contributed by atoms with Crippen molar-refractivity contribution in [3.63, 3.8) is 0 Å². The summed E-state index contributed by atoms with van der Waals surface area (Å²) in [6.07, 6.45) is 0. The van der Waals surface area contributed by atoms with Gasteiger partial charge < -0.3 is 5.11 Å². The molecule has 1 unspecified atom stereocenters. The Labute approximate surface area is 69.8 Å². The summed E-state index contributed by atoms with van der Waals surface area (Å²) >= 11 is 1.52. The van der Waals surface area contributed by atoms with Crippen molar-refractivity contribution < 1.29 is 5.11 Å². The molecule has 3 nitrogen and oxygen atoms in total. The maximum Gasteiger partial charge on any atom is 0.110 e. The predicted octanol–water partition coefficient (Wildman–Crippen LogP) is 0.419. The largest absolute Gasteiger partial charge is 0.383 e. The van der Waals surface area contributed by atoms with Gasteiger partial charge in [0.15, 0.2) is 0 Å². The van der Waals surface area contributed by atoms with E-state index in [1.165, 1.54) is 11.3 Å². The minimum atomic E-state index is -0.844. The maximum absolute atomic E-state index is 9.74. The summed E-state index contributed by atoms with van der Waals surface area (Å²) in [6.45, 7) is 2.10. The summed E-state index contributed by atoms with van der Waals surface area (Å²) in [5.74, 6) is 5.12. The number of hydrogen-bond donors (Lipinski definition) is 3. The lowest BCUT2D eigenvalue weighted by Gasteiger charge is -2.20. The van der Waals surface area contributed by atoms with E-state index in [4.69, 9.17) is 5.84 Å². The predicted molar refractivity (Wildman–Crippen MR) is 46.1 cm³/mol. The molecule has 11 heavy (non-hydrogen) atoms. The van der Waals surface area contributed by atoms with E-state index >= 15 is 0 Å². The van der Waals surface area contributed by atoms with Crippen molar-refractivity contribution in [1.82, 2.24) is 5.43 Å². The van der Waals surface area contributed by atoms with E-state index < -0.39 is 5.60 Å². The first kappa shape index (κ1) is 8.67. The van der Waals surface area contributed by atoms with Crippen molar-refractivity contribution in [3.8, 4) is 0 Å². The monoisotopic (exact) mass is 172 g/mol. The highest BCUT2D eigenvalue weighted by Crippen LogP contribution is 2.23. The third-order valence-electron chi connectivity index (χ3n) is 1.50. The molecule has 0 spiro atoms. The minimum Gasteiger partial charge on any atom is -0.383 e. The fraction of sp³-hybridized carbons (Fsp3) is 0.429. The van der Waals surface area contributed by atoms with Gasteiger partial charge in [-0.2, -0.15) is 0 Å². The lowest BCUT2D eigenvalue weighted by molar-refractivity contribution is 0.0610. The first-order valence-electron chi connectivity index (χ1n) is 3.36. The third-order valence-corrected chi connectivity index (χ3v) is 2.62. The van der Waals surface area contributed by atoms with E-state index in [0.29, 0.717) is 6.54 Å². The molecular weight excluding hydrogens is 160 g/mol. The second-order valence-electron chi connectivity index (χ2n) is 2.63. The van der Waals surface area contributed by atoms with Gasteiger partial charge in [0.1, 0.15) is 5.60 Å². The summed E-state index contributed by atoms with van der Waals surface area (Å²) in [5.41, 5.74) is 1.61. The van der Waals surface area contributed by atoms with Crippen LogP contribution in [0.25, 0.3) is 0 Å². The molecule has 0 amide bonds. The second-order valence-corrected chi connectivity index (χ2v) is 3.58. The summed E-state index contributed by atoms with van der Waals surface area (Å²) in [7, 11) is 0. The molecule has 0 saturated heterocycles. The number of hydrazine groups is 1. The van der Waals surface area contributed by atoms with E-state index in [1.54, 1.807) is 6.92 Å². The van der Waals surface area contributed by atoms with Crippen LogP contribution >= 0.6 is 11.3 Å². The van der Waals surface area contributed by atoms with Crippen LogP contribution in [0.4, 0.5) is 0 Å². The quantitative estimate of drug-likeness (QED) is 0.457. The Kier molecular flexibility index (Phi) is 2.62. The van der Waals surface area contributed by atoms with E-state index in [0.717, 1.165) is 4.88 Å². The molecule has 4 heteroatoms.